The van der Waals surface area contributed by atoms with Crippen LogP contribution in [0.5, 0.6) is 0 Å². The standard InChI is InChI=1S/C13H18BrNO2/c1-2-3-9-17-10-8-15-13(16)11-4-6-12(14)7-5-11/h4-7H,2-3,8-10H2,1H3,(H,15,16). The van der Waals surface area contributed by atoms with Crippen molar-refractivity contribution in [3.8, 4) is 0 Å². The number of carbonyl (C=O) groups excluding carboxylic acids is 1. The van der Waals surface area contributed by atoms with Gasteiger partial charge in [0.2, 0.25) is 0 Å². The Morgan fingerprint density at radius 1 is 1.29 bits per heavy atom. The minimum Gasteiger partial charge on any atom is -0.380 e. The molecule has 4 heteroatoms. The quantitative estimate of drug-likeness (QED) is 0.786. The summed E-state index contributed by atoms with van der Waals surface area (Å²) in [5, 5.41) is 2.82. The number of halogens is 1. The van der Waals surface area contributed by atoms with E-state index in [-0.39, 0.29) is 5.91 Å². The molecule has 0 saturated carbocycles. The maximum absolute atomic E-state index is 11.7. The maximum atomic E-state index is 11.7. The largest absolute Gasteiger partial charge is 0.380 e. The van der Waals surface area contributed by atoms with Crippen molar-refractivity contribution in [2.45, 2.75) is 19.8 Å². The summed E-state index contributed by atoms with van der Waals surface area (Å²) in [6, 6.07) is 7.29. The third kappa shape index (κ3) is 5.84. The second kappa shape index (κ2) is 8.25. The van der Waals surface area contributed by atoms with Gasteiger partial charge in [-0.05, 0) is 30.7 Å². The first-order chi connectivity index (χ1) is 8.24. The Morgan fingerprint density at radius 3 is 2.65 bits per heavy atom. The van der Waals surface area contributed by atoms with Crippen LogP contribution in [0.15, 0.2) is 28.7 Å². The molecule has 0 spiro atoms. The van der Waals surface area contributed by atoms with E-state index in [0.717, 1.165) is 23.9 Å². The highest BCUT2D eigenvalue weighted by molar-refractivity contribution is 9.10. The summed E-state index contributed by atoms with van der Waals surface area (Å²) in [6.45, 7) is 4.02. The highest BCUT2D eigenvalue weighted by atomic mass is 79.9. The smallest absolute Gasteiger partial charge is 0.251 e. The van der Waals surface area contributed by atoms with Crippen molar-refractivity contribution in [2.75, 3.05) is 19.8 Å². The van der Waals surface area contributed by atoms with E-state index in [1.807, 2.05) is 12.1 Å². The number of hydrogen-bond acceptors (Lipinski definition) is 2. The molecule has 0 unspecified atom stereocenters. The van der Waals surface area contributed by atoms with Crippen molar-refractivity contribution < 1.29 is 9.53 Å². The molecule has 0 aliphatic carbocycles. The van der Waals surface area contributed by atoms with E-state index in [4.69, 9.17) is 4.74 Å². The number of nitrogens with one attached hydrogen (secondary N) is 1. The molecule has 0 atom stereocenters. The number of amides is 1. The second-order valence-electron chi connectivity index (χ2n) is 3.73. The van der Waals surface area contributed by atoms with Crippen LogP contribution in [-0.2, 0) is 4.74 Å². The molecule has 0 fully saturated rings. The van der Waals surface area contributed by atoms with Crippen molar-refractivity contribution in [3.63, 3.8) is 0 Å². The number of rotatable bonds is 7. The molecule has 0 aromatic heterocycles. The Kier molecular flexibility index (Phi) is 6.89. The van der Waals surface area contributed by atoms with Gasteiger partial charge in [0, 0.05) is 23.2 Å². The Bertz CT molecular complexity index is 338. The Balaban J connectivity index is 2.19. The average Bonchev–Trinajstić information content (AvgIpc) is 2.34. The third-order valence-electron chi connectivity index (χ3n) is 2.28. The average molecular weight is 300 g/mol. The second-order valence-corrected chi connectivity index (χ2v) is 4.64. The van der Waals surface area contributed by atoms with Gasteiger partial charge in [-0.2, -0.15) is 0 Å². The summed E-state index contributed by atoms with van der Waals surface area (Å²) in [5.74, 6) is -0.0587. The SMILES string of the molecule is CCCCOCCNC(=O)c1ccc(Br)cc1. The van der Waals surface area contributed by atoms with E-state index in [1.165, 1.54) is 0 Å². The summed E-state index contributed by atoms with van der Waals surface area (Å²) < 4.78 is 6.33. The lowest BCUT2D eigenvalue weighted by molar-refractivity contribution is 0.0913. The van der Waals surface area contributed by atoms with Gasteiger partial charge in [0.1, 0.15) is 0 Å². The van der Waals surface area contributed by atoms with Gasteiger partial charge in [-0.1, -0.05) is 29.3 Å². The molecular weight excluding hydrogens is 282 g/mol. The highest BCUT2D eigenvalue weighted by Crippen LogP contribution is 2.10. The predicted octanol–water partition coefficient (Wildman–Crippen LogP) is 3.00. The van der Waals surface area contributed by atoms with Crippen LogP contribution in [0.2, 0.25) is 0 Å². The van der Waals surface area contributed by atoms with Gasteiger partial charge >= 0.3 is 0 Å². The molecule has 1 amide bonds. The van der Waals surface area contributed by atoms with Gasteiger partial charge in [-0.3, -0.25) is 4.79 Å². The van der Waals surface area contributed by atoms with Crippen LogP contribution in [0.4, 0.5) is 0 Å². The van der Waals surface area contributed by atoms with Gasteiger partial charge in [0.15, 0.2) is 0 Å². The molecule has 17 heavy (non-hydrogen) atoms. The first kappa shape index (κ1) is 14.2. The number of carbonyl (C=O) groups is 1. The number of hydrogen-bond donors (Lipinski definition) is 1. The monoisotopic (exact) mass is 299 g/mol. The molecule has 1 aromatic rings. The molecule has 0 radical (unpaired) electrons. The van der Waals surface area contributed by atoms with Crippen LogP contribution in [0, 0.1) is 0 Å². The predicted molar refractivity (Wildman–Crippen MR) is 72.2 cm³/mol. The van der Waals surface area contributed by atoms with Gasteiger partial charge in [0.25, 0.3) is 5.91 Å². The van der Waals surface area contributed by atoms with E-state index in [0.29, 0.717) is 18.7 Å². The van der Waals surface area contributed by atoms with Crippen LogP contribution < -0.4 is 5.32 Å². The zero-order valence-electron chi connectivity index (χ0n) is 10.0. The van der Waals surface area contributed by atoms with E-state index in [1.54, 1.807) is 12.1 Å². The van der Waals surface area contributed by atoms with Gasteiger partial charge in [0.05, 0.1) is 6.61 Å². The van der Waals surface area contributed by atoms with Crippen molar-refractivity contribution in [1.82, 2.24) is 5.32 Å². The lowest BCUT2D eigenvalue weighted by Crippen LogP contribution is -2.27. The molecule has 3 nitrogen and oxygen atoms in total. The lowest BCUT2D eigenvalue weighted by Gasteiger charge is -2.06. The normalized spacial score (nSPS) is 10.2. The molecule has 1 rings (SSSR count). The number of unbranched alkanes of at least 4 members (excludes halogenated alkanes) is 1. The summed E-state index contributed by atoms with van der Waals surface area (Å²) >= 11 is 3.33. The first-order valence-electron chi connectivity index (χ1n) is 5.85. The molecule has 0 bridgehead atoms. The fourth-order valence-corrected chi connectivity index (χ4v) is 1.55. The van der Waals surface area contributed by atoms with Gasteiger partial charge in [-0.25, -0.2) is 0 Å². The van der Waals surface area contributed by atoms with Crippen molar-refractivity contribution >= 4 is 21.8 Å². The molecule has 1 aromatic carbocycles. The van der Waals surface area contributed by atoms with Crippen molar-refractivity contribution in [2.24, 2.45) is 0 Å². The molecule has 1 N–H and O–H groups in total. The van der Waals surface area contributed by atoms with Crippen LogP contribution in [0.25, 0.3) is 0 Å². The minimum atomic E-state index is -0.0587. The molecule has 0 aliphatic heterocycles. The zero-order valence-corrected chi connectivity index (χ0v) is 11.6. The van der Waals surface area contributed by atoms with Crippen molar-refractivity contribution in [3.05, 3.63) is 34.3 Å². The van der Waals surface area contributed by atoms with E-state index in [9.17, 15) is 4.79 Å². The highest BCUT2D eigenvalue weighted by Gasteiger charge is 2.03. The molecular formula is C13H18BrNO2. The lowest BCUT2D eigenvalue weighted by atomic mass is 10.2. The first-order valence-corrected chi connectivity index (χ1v) is 6.65. The fourth-order valence-electron chi connectivity index (χ4n) is 1.29. The van der Waals surface area contributed by atoms with Crippen molar-refractivity contribution in [1.29, 1.82) is 0 Å². The van der Waals surface area contributed by atoms with E-state index < -0.39 is 0 Å². The summed E-state index contributed by atoms with van der Waals surface area (Å²) in [6.07, 6.45) is 2.20. The third-order valence-corrected chi connectivity index (χ3v) is 2.81. The number of ether oxygens (including phenoxy) is 1. The molecule has 0 aliphatic rings. The molecule has 94 valence electrons. The Hall–Kier alpha value is -0.870. The topological polar surface area (TPSA) is 38.3 Å². The fraction of sp³-hybridized carbons (Fsp3) is 0.462. The number of benzene rings is 1. The van der Waals surface area contributed by atoms with Crippen LogP contribution in [0.1, 0.15) is 30.1 Å². The molecule has 0 saturated heterocycles. The van der Waals surface area contributed by atoms with Crippen LogP contribution in [-0.4, -0.2) is 25.7 Å². The summed E-state index contributed by atoms with van der Waals surface area (Å²) in [7, 11) is 0. The van der Waals surface area contributed by atoms with Crippen LogP contribution >= 0.6 is 15.9 Å². The Morgan fingerprint density at radius 2 is 2.00 bits per heavy atom. The van der Waals surface area contributed by atoms with Crippen LogP contribution in [0.3, 0.4) is 0 Å². The zero-order chi connectivity index (χ0) is 12.5. The summed E-state index contributed by atoms with van der Waals surface area (Å²) in [5.41, 5.74) is 0.668. The van der Waals surface area contributed by atoms with Gasteiger partial charge < -0.3 is 10.1 Å². The van der Waals surface area contributed by atoms with E-state index >= 15 is 0 Å². The Labute approximate surface area is 111 Å². The minimum absolute atomic E-state index is 0.0587. The van der Waals surface area contributed by atoms with Gasteiger partial charge in [-0.15, -0.1) is 0 Å². The summed E-state index contributed by atoms with van der Waals surface area (Å²) in [4.78, 5) is 11.7. The maximum Gasteiger partial charge on any atom is 0.251 e. The molecule has 0 heterocycles. The van der Waals surface area contributed by atoms with E-state index in [2.05, 4.69) is 28.2 Å².